The lowest BCUT2D eigenvalue weighted by molar-refractivity contribution is -0.564. The van der Waals surface area contributed by atoms with E-state index in [-0.39, 0.29) is 17.6 Å². The molecule has 0 saturated heterocycles. The summed E-state index contributed by atoms with van der Waals surface area (Å²) in [5.41, 5.74) is -1.11. The maximum absolute atomic E-state index is 12.8. The van der Waals surface area contributed by atoms with Crippen molar-refractivity contribution in [2.24, 2.45) is 11.8 Å². The number of allylic oxidation sites excluding steroid dienone is 1. The van der Waals surface area contributed by atoms with Gasteiger partial charge in [0, 0.05) is 23.0 Å². The Kier molecular flexibility index (Phi) is 5.62. The molecule has 0 amide bonds. The van der Waals surface area contributed by atoms with E-state index in [4.69, 9.17) is 9.47 Å². The fraction of sp³-hybridized carbons (Fsp3) is 0.565. The van der Waals surface area contributed by atoms with Crippen LogP contribution in [-0.4, -0.2) is 22.4 Å². The molecule has 0 spiro atoms. The molecule has 30 heavy (non-hydrogen) atoms. The van der Waals surface area contributed by atoms with Gasteiger partial charge >= 0.3 is 17.5 Å². The van der Waals surface area contributed by atoms with E-state index in [0.29, 0.717) is 24.2 Å². The molecular weight excluding hydrogens is 386 g/mol. The molecule has 7 heteroatoms. The third-order valence-corrected chi connectivity index (χ3v) is 6.70. The number of hydrogen-bond donors (Lipinski definition) is 0. The van der Waals surface area contributed by atoms with Crippen molar-refractivity contribution in [3.63, 3.8) is 0 Å². The highest BCUT2D eigenvalue weighted by Gasteiger charge is 2.73. The van der Waals surface area contributed by atoms with Gasteiger partial charge in [-0.05, 0) is 24.8 Å². The van der Waals surface area contributed by atoms with Crippen LogP contribution in [0.1, 0.15) is 69.8 Å². The number of unbranched alkanes of at least 4 members (excludes halogenated alkanes) is 5. The zero-order valence-electron chi connectivity index (χ0n) is 17.2. The first-order chi connectivity index (χ1) is 14.5. The number of rotatable bonds is 9. The normalized spacial score (nSPS) is 28.0. The Bertz CT molecular complexity index is 894. The Labute approximate surface area is 175 Å². The Hall–Kier alpha value is -2.70. The number of carbonyl (C=O) groups is 2. The van der Waals surface area contributed by atoms with E-state index in [1.807, 2.05) is 6.08 Å². The molecular formula is C23H27NO6. The summed E-state index contributed by atoms with van der Waals surface area (Å²) in [4.78, 5) is 36.4. The molecule has 0 unspecified atom stereocenters. The first-order valence-electron chi connectivity index (χ1n) is 10.9. The van der Waals surface area contributed by atoms with Gasteiger partial charge in [0.1, 0.15) is 11.5 Å². The topological polar surface area (TPSA) is 95.7 Å². The van der Waals surface area contributed by atoms with Crippen molar-refractivity contribution in [2.75, 3.05) is 0 Å². The summed E-state index contributed by atoms with van der Waals surface area (Å²) in [5.74, 6) is -1.65. The zero-order valence-corrected chi connectivity index (χ0v) is 17.2. The van der Waals surface area contributed by atoms with Crippen LogP contribution in [0.25, 0.3) is 0 Å². The zero-order chi connectivity index (χ0) is 21.3. The molecule has 0 aromatic heterocycles. The lowest BCUT2D eigenvalue weighted by Gasteiger charge is -2.36. The van der Waals surface area contributed by atoms with Gasteiger partial charge < -0.3 is 9.47 Å². The minimum Gasteiger partial charge on any atom is -0.426 e. The summed E-state index contributed by atoms with van der Waals surface area (Å²) >= 11 is 0. The van der Waals surface area contributed by atoms with Crippen molar-refractivity contribution >= 4 is 11.9 Å². The SMILES string of the molecule is CCCCCCCCC(=O)Oc1ccc2c(c1)OC(=O)[C@@]1([N+](=O)[O-])[C@@H]3C=C[C@@H](C3)[C@@H]21. The highest BCUT2D eigenvalue weighted by atomic mass is 16.6. The van der Waals surface area contributed by atoms with Crippen molar-refractivity contribution in [3.8, 4) is 11.5 Å². The van der Waals surface area contributed by atoms with Gasteiger partial charge in [-0.1, -0.05) is 57.2 Å². The van der Waals surface area contributed by atoms with Gasteiger partial charge in [-0.2, -0.15) is 0 Å². The fourth-order valence-corrected chi connectivity index (χ4v) is 5.26. The molecule has 7 nitrogen and oxygen atoms in total. The summed E-state index contributed by atoms with van der Waals surface area (Å²) < 4.78 is 10.8. The number of fused-ring (bicyclic) bond motifs is 7. The molecule has 1 aromatic rings. The minimum absolute atomic E-state index is 0.0619. The van der Waals surface area contributed by atoms with Crippen molar-refractivity contribution in [3.05, 3.63) is 46.0 Å². The Morgan fingerprint density at radius 1 is 1.23 bits per heavy atom. The second kappa shape index (κ2) is 8.20. The van der Waals surface area contributed by atoms with Gasteiger partial charge in [0.2, 0.25) is 0 Å². The van der Waals surface area contributed by atoms with Crippen LogP contribution >= 0.6 is 0 Å². The second-order valence-electron chi connectivity index (χ2n) is 8.53. The number of hydrogen-bond acceptors (Lipinski definition) is 6. The quantitative estimate of drug-likeness (QED) is 0.147. The molecule has 160 valence electrons. The average molecular weight is 413 g/mol. The van der Waals surface area contributed by atoms with E-state index in [9.17, 15) is 19.7 Å². The van der Waals surface area contributed by atoms with E-state index in [2.05, 4.69) is 6.92 Å². The number of carbonyl (C=O) groups excluding carboxylic acids is 2. The number of nitrogens with zero attached hydrogens (tertiary/aromatic N) is 1. The van der Waals surface area contributed by atoms with Gasteiger partial charge in [-0.15, -0.1) is 0 Å². The van der Waals surface area contributed by atoms with E-state index in [0.717, 1.165) is 19.3 Å². The minimum atomic E-state index is -1.75. The average Bonchev–Trinajstić information content (AvgIpc) is 3.32. The molecule has 1 saturated carbocycles. The summed E-state index contributed by atoms with van der Waals surface area (Å²) in [6.45, 7) is 2.17. The number of ether oxygens (including phenoxy) is 2. The van der Waals surface area contributed by atoms with Crippen LogP contribution in [0.3, 0.4) is 0 Å². The van der Waals surface area contributed by atoms with Crippen LogP contribution in [0.15, 0.2) is 30.4 Å². The van der Waals surface area contributed by atoms with Crippen LogP contribution in [0.5, 0.6) is 11.5 Å². The highest BCUT2D eigenvalue weighted by molar-refractivity contribution is 5.88. The summed E-state index contributed by atoms with van der Waals surface area (Å²) in [7, 11) is 0. The van der Waals surface area contributed by atoms with Gasteiger partial charge in [0.15, 0.2) is 0 Å². The van der Waals surface area contributed by atoms with Gasteiger partial charge in [-0.25, -0.2) is 4.79 Å². The maximum atomic E-state index is 12.8. The molecule has 2 bridgehead atoms. The van der Waals surface area contributed by atoms with Crippen LogP contribution in [0.4, 0.5) is 0 Å². The van der Waals surface area contributed by atoms with Crippen molar-refractivity contribution in [1.82, 2.24) is 0 Å². The monoisotopic (exact) mass is 413 g/mol. The molecule has 0 N–H and O–H groups in total. The summed E-state index contributed by atoms with van der Waals surface area (Å²) in [5, 5.41) is 12.0. The van der Waals surface area contributed by atoms with Gasteiger partial charge in [0.25, 0.3) is 0 Å². The molecule has 4 rings (SSSR count). The Balaban J connectivity index is 1.45. The van der Waals surface area contributed by atoms with E-state index in [1.165, 1.54) is 25.3 Å². The maximum Gasteiger partial charge on any atom is 0.391 e. The van der Waals surface area contributed by atoms with E-state index < -0.39 is 28.3 Å². The Morgan fingerprint density at radius 2 is 2.00 bits per heavy atom. The van der Waals surface area contributed by atoms with Crippen molar-refractivity contribution < 1.29 is 24.0 Å². The third kappa shape index (κ3) is 3.30. The standard InChI is InChI=1S/C23H27NO6/c1-2-3-4-5-6-7-8-20(25)29-17-11-12-18-19(14-17)30-22(26)23(24(27)28)16-10-9-15(13-16)21(18)23/h9-12,14-16,21H,2-8,13H2,1H3/t15-,16+,21-,23+/m0/s1. The van der Waals surface area contributed by atoms with Crippen LogP contribution in [-0.2, 0) is 9.59 Å². The number of benzene rings is 1. The lowest BCUT2D eigenvalue weighted by Crippen LogP contribution is -2.58. The fourth-order valence-electron chi connectivity index (χ4n) is 5.26. The molecule has 1 fully saturated rings. The predicted molar refractivity (Wildman–Crippen MR) is 109 cm³/mol. The highest BCUT2D eigenvalue weighted by Crippen LogP contribution is 2.60. The summed E-state index contributed by atoms with van der Waals surface area (Å²) in [6, 6.07) is 4.84. The smallest absolute Gasteiger partial charge is 0.391 e. The second-order valence-corrected chi connectivity index (χ2v) is 8.53. The molecule has 1 aliphatic heterocycles. The molecule has 3 aliphatic rings. The molecule has 1 heterocycles. The molecule has 4 atom stereocenters. The number of nitro groups is 1. The lowest BCUT2D eigenvalue weighted by atomic mass is 9.71. The van der Waals surface area contributed by atoms with Crippen LogP contribution in [0, 0.1) is 22.0 Å². The molecule has 2 aliphatic carbocycles. The van der Waals surface area contributed by atoms with Crippen molar-refractivity contribution in [1.29, 1.82) is 0 Å². The first-order valence-corrected chi connectivity index (χ1v) is 10.9. The number of esters is 2. The Morgan fingerprint density at radius 3 is 2.77 bits per heavy atom. The molecule has 0 radical (unpaired) electrons. The largest absolute Gasteiger partial charge is 0.426 e. The summed E-state index contributed by atoms with van der Waals surface area (Å²) in [6.07, 6.45) is 11.1. The van der Waals surface area contributed by atoms with Gasteiger partial charge in [-0.3, -0.25) is 14.9 Å². The molecule has 1 aromatic carbocycles. The third-order valence-electron chi connectivity index (χ3n) is 6.70. The van der Waals surface area contributed by atoms with Gasteiger partial charge in [0.05, 0.1) is 11.8 Å². The van der Waals surface area contributed by atoms with Crippen LogP contribution < -0.4 is 9.47 Å². The first kappa shape index (κ1) is 20.6. The van der Waals surface area contributed by atoms with E-state index >= 15 is 0 Å². The van der Waals surface area contributed by atoms with Crippen molar-refractivity contribution in [2.45, 2.75) is 69.7 Å². The predicted octanol–water partition coefficient (Wildman–Crippen LogP) is 4.57. The van der Waals surface area contributed by atoms with Crippen LogP contribution in [0.2, 0.25) is 0 Å². The van der Waals surface area contributed by atoms with E-state index in [1.54, 1.807) is 18.2 Å².